The molecule has 2 aromatic rings. The van der Waals surface area contributed by atoms with Crippen molar-refractivity contribution in [2.75, 3.05) is 0 Å². The number of aromatic hydroxyl groups is 1. The molecule has 68 valence electrons. The summed E-state index contributed by atoms with van der Waals surface area (Å²) in [6.07, 6.45) is 0. The summed E-state index contributed by atoms with van der Waals surface area (Å²) < 4.78 is 1.06. The number of fused-ring (bicyclic) bond motifs is 1. The molecule has 0 fully saturated rings. The molecular formula is C9H6BrClOS. The molecule has 0 aliphatic rings. The van der Waals surface area contributed by atoms with Gasteiger partial charge >= 0.3 is 0 Å². The Hall–Kier alpha value is -0.250. The van der Waals surface area contributed by atoms with Gasteiger partial charge in [0.05, 0.1) is 0 Å². The fourth-order valence-corrected chi connectivity index (χ4v) is 3.48. The topological polar surface area (TPSA) is 20.2 Å². The molecule has 0 saturated heterocycles. The van der Waals surface area contributed by atoms with Gasteiger partial charge in [-0.25, -0.2) is 0 Å². The predicted octanol–water partition coefficient (Wildman–Crippen LogP) is 4.16. The predicted molar refractivity (Wildman–Crippen MR) is 61.1 cm³/mol. The first-order valence-corrected chi connectivity index (χ1v) is 6.05. The highest BCUT2D eigenvalue weighted by molar-refractivity contribution is 9.08. The molecule has 0 amide bonds. The summed E-state index contributed by atoms with van der Waals surface area (Å²) in [7, 11) is 0. The van der Waals surface area contributed by atoms with Gasteiger partial charge in [-0.05, 0) is 23.1 Å². The Labute approximate surface area is 93.1 Å². The summed E-state index contributed by atoms with van der Waals surface area (Å²) >= 11 is 11.0. The highest BCUT2D eigenvalue weighted by atomic mass is 79.9. The van der Waals surface area contributed by atoms with Gasteiger partial charge in [0.15, 0.2) is 0 Å². The van der Waals surface area contributed by atoms with Gasteiger partial charge < -0.3 is 5.11 Å². The molecule has 0 spiro atoms. The van der Waals surface area contributed by atoms with Crippen molar-refractivity contribution in [2.24, 2.45) is 0 Å². The minimum atomic E-state index is 0.256. The van der Waals surface area contributed by atoms with E-state index in [0.717, 1.165) is 15.6 Å². The van der Waals surface area contributed by atoms with E-state index in [2.05, 4.69) is 15.9 Å². The lowest BCUT2D eigenvalue weighted by Crippen LogP contribution is -1.80. The van der Waals surface area contributed by atoms with Crippen molar-refractivity contribution < 1.29 is 5.11 Å². The van der Waals surface area contributed by atoms with Crippen molar-refractivity contribution in [3.63, 3.8) is 0 Å². The summed E-state index contributed by atoms with van der Waals surface area (Å²) in [5.41, 5.74) is 1.05. The van der Waals surface area contributed by atoms with Crippen molar-refractivity contribution >= 4 is 49.0 Å². The number of alkyl halides is 1. The Morgan fingerprint density at radius 1 is 1.54 bits per heavy atom. The summed E-state index contributed by atoms with van der Waals surface area (Å²) in [4.78, 5) is 0. The van der Waals surface area contributed by atoms with E-state index in [-0.39, 0.29) is 5.75 Å². The largest absolute Gasteiger partial charge is 0.507 e. The third kappa shape index (κ3) is 1.45. The van der Waals surface area contributed by atoms with E-state index in [1.54, 1.807) is 17.4 Å². The monoisotopic (exact) mass is 276 g/mol. The van der Waals surface area contributed by atoms with Gasteiger partial charge in [0.2, 0.25) is 0 Å². The molecule has 2 rings (SSSR count). The van der Waals surface area contributed by atoms with E-state index in [1.165, 1.54) is 0 Å². The minimum absolute atomic E-state index is 0.256. The summed E-state index contributed by atoms with van der Waals surface area (Å²) in [5, 5.41) is 13.7. The van der Waals surface area contributed by atoms with Gasteiger partial charge in [0, 0.05) is 20.4 Å². The second kappa shape index (κ2) is 3.48. The second-order valence-electron chi connectivity index (χ2n) is 2.65. The van der Waals surface area contributed by atoms with Crippen molar-refractivity contribution in [3.05, 3.63) is 28.1 Å². The molecule has 1 aromatic heterocycles. The normalized spacial score (nSPS) is 10.9. The molecule has 0 radical (unpaired) electrons. The van der Waals surface area contributed by atoms with E-state index in [9.17, 15) is 5.11 Å². The van der Waals surface area contributed by atoms with Crippen LogP contribution in [0.5, 0.6) is 5.75 Å². The SMILES string of the molecule is Oc1cc(Cl)c(CBr)c2sccc12. The lowest BCUT2D eigenvalue weighted by Gasteiger charge is -2.03. The first kappa shape index (κ1) is 9.31. The van der Waals surface area contributed by atoms with Crippen LogP contribution in [-0.4, -0.2) is 5.11 Å². The number of hydrogen-bond acceptors (Lipinski definition) is 2. The van der Waals surface area contributed by atoms with Crippen LogP contribution in [0.2, 0.25) is 5.02 Å². The summed E-state index contributed by atoms with van der Waals surface area (Å²) in [5.74, 6) is 0.256. The van der Waals surface area contributed by atoms with Crippen LogP contribution in [0.4, 0.5) is 0 Å². The van der Waals surface area contributed by atoms with Crippen molar-refractivity contribution in [3.8, 4) is 5.75 Å². The minimum Gasteiger partial charge on any atom is -0.507 e. The van der Waals surface area contributed by atoms with Gasteiger partial charge in [-0.3, -0.25) is 0 Å². The van der Waals surface area contributed by atoms with Gasteiger partial charge in [-0.15, -0.1) is 11.3 Å². The highest BCUT2D eigenvalue weighted by Crippen LogP contribution is 2.37. The maximum atomic E-state index is 9.57. The maximum absolute atomic E-state index is 9.57. The fourth-order valence-electron chi connectivity index (χ4n) is 1.26. The standard InChI is InChI=1S/C9H6BrClOS/c10-4-6-7(11)3-8(12)5-1-2-13-9(5)6/h1-3,12H,4H2. The van der Waals surface area contributed by atoms with Gasteiger partial charge in [0.1, 0.15) is 5.75 Å². The van der Waals surface area contributed by atoms with Crippen LogP contribution in [0, 0.1) is 0 Å². The van der Waals surface area contributed by atoms with Gasteiger partial charge in [-0.2, -0.15) is 0 Å². The van der Waals surface area contributed by atoms with Crippen LogP contribution >= 0.6 is 38.9 Å². The average molecular weight is 278 g/mol. The molecule has 1 aromatic carbocycles. The Morgan fingerprint density at radius 3 is 3.00 bits per heavy atom. The molecule has 13 heavy (non-hydrogen) atoms. The van der Waals surface area contributed by atoms with Gasteiger partial charge in [0.25, 0.3) is 0 Å². The molecule has 0 unspecified atom stereocenters. The molecule has 0 aliphatic carbocycles. The van der Waals surface area contributed by atoms with Crippen LogP contribution in [0.1, 0.15) is 5.56 Å². The van der Waals surface area contributed by atoms with Crippen LogP contribution < -0.4 is 0 Å². The third-order valence-electron chi connectivity index (χ3n) is 1.90. The maximum Gasteiger partial charge on any atom is 0.125 e. The molecule has 0 atom stereocenters. The third-order valence-corrected chi connectivity index (χ3v) is 3.77. The molecular weight excluding hydrogens is 272 g/mol. The van der Waals surface area contributed by atoms with Crippen LogP contribution in [0.25, 0.3) is 10.1 Å². The fraction of sp³-hybridized carbons (Fsp3) is 0.111. The number of rotatable bonds is 1. The molecule has 1 N–H and O–H groups in total. The Balaban J connectivity index is 2.88. The molecule has 1 nitrogen and oxygen atoms in total. The molecule has 1 heterocycles. The summed E-state index contributed by atoms with van der Waals surface area (Å²) in [6.45, 7) is 0. The van der Waals surface area contributed by atoms with Crippen molar-refractivity contribution in [1.82, 2.24) is 0 Å². The Morgan fingerprint density at radius 2 is 2.31 bits per heavy atom. The average Bonchev–Trinajstić information content (AvgIpc) is 2.53. The van der Waals surface area contributed by atoms with E-state index in [4.69, 9.17) is 11.6 Å². The number of phenolic OH excluding ortho intramolecular Hbond substituents is 1. The molecule has 4 heteroatoms. The zero-order valence-corrected chi connectivity index (χ0v) is 9.71. The second-order valence-corrected chi connectivity index (χ2v) is 4.54. The number of halogens is 2. The number of benzene rings is 1. The number of thiophene rings is 1. The van der Waals surface area contributed by atoms with Crippen molar-refractivity contribution in [1.29, 1.82) is 0 Å². The van der Waals surface area contributed by atoms with E-state index in [0.29, 0.717) is 10.4 Å². The smallest absolute Gasteiger partial charge is 0.125 e. The number of hydrogen-bond donors (Lipinski definition) is 1. The zero-order chi connectivity index (χ0) is 9.42. The van der Waals surface area contributed by atoms with Crippen LogP contribution in [0.3, 0.4) is 0 Å². The van der Waals surface area contributed by atoms with Gasteiger partial charge in [-0.1, -0.05) is 27.5 Å². The Bertz CT molecular complexity index is 452. The lowest BCUT2D eigenvalue weighted by molar-refractivity contribution is 0.481. The number of phenols is 1. The van der Waals surface area contributed by atoms with Crippen LogP contribution in [0.15, 0.2) is 17.5 Å². The Kier molecular flexibility index (Phi) is 2.49. The quantitative estimate of drug-likeness (QED) is 0.776. The van der Waals surface area contributed by atoms with E-state index >= 15 is 0 Å². The lowest BCUT2D eigenvalue weighted by atomic mass is 10.2. The van der Waals surface area contributed by atoms with E-state index < -0.39 is 0 Å². The van der Waals surface area contributed by atoms with E-state index in [1.807, 2.05) is 11.4 Å². The van der Waals surface area contributed by atoms with Crippen LogP contribution in [-0.2, 0) is 5.33 Å². The highest BCUT2D eigenvalue weighted by Gasteiger charge is 2.10. The zero-order valence-electron chi connectivity index (χ0n) is 6.55. The molecule has 0 bridgehead atoms. The molecule has 0 saturated carbocycles. The first-order valence-electron chi connectivity index (χ1n) is 3.67. The summed E-state index contributed by atoms with van der Waals surface area (Å²) in [6, 6.07) is 3.49. The molecule has 0 aliphatic heterocycles. The van der Waals surface area contributed by atoms with Crippen molar-refractivity contribution in [2.45, 2.75) is 5.33 Å². The first-order chi connectivity index (χ1) is 6.24.